The molecule has 2 aromatic rings. The Labute approximate surface area is 134 Å². The fourth-order valence-corrected chi connectivity index (χ4v) is 3.78. The van der Waals surface area contributed by atoms with E-state index in [1.165, 1.54) is 10.6 Å². The Morgan fingerprint density at radius 2 is 2.13 bits per heavy atom. The summed E-state index contributed by atoms with van der Waals surface area (Å²) in [5.41, 5.74) is 1.50. The molecular weight excluding hydrogens is 292 g/mol. The SMILES string of the molecule is Cc1ccn2c(=O)c(C(=O)N3[C@H]4CCNC[C@H]3CC4)cnc2c1. The number of rotatable bonds is 1. The van der Waals surface area contributed by atoms with Crippen LogP contribution in [0, 0.1) is 6.92 Å². The molecule has 6 nitrogen and oxygen atoms in total. The molecule has 1 N–H and O–H groups in total. The number of pyridine rings is 1. The number of carbonyl (C=O) groups excluding carboxylic acids is 1. The minimum Gasteiger partial charge on any atom is -0.331 e. The quantitative estimate of drug-likeness (QED) is 0.852. The smallest absolute Gasteiger partial charge is 0.270 e. The summed E-state index contributed by atoms with van der Waals surface area (Å²) < 4.78 is 1.46. The molecule has 6 heteroatoms. The Morgan fingerprint density at radius 1 is 1.30 bits per heavy atom. The maximum Gasteiger partial charge on any atom is 0.270 e. The Balaban J connectivity index is 1.77. The third kappa shape index (κ3) is 2.34. The van der Waals surface area contributed by atoms with Gasteiger partial charge >= 0.3 is 0 Å². The third-order valence-corrected chi connectivity index (χ3v) is 4.98. The van der Waals surface area contributed by atoms with Gasteiger partial charge in [-0.15, -0.1) is 0 Å². The van der Waals surface area contributed by atoms with E-state index in [4.69, 9.17) is 0 Å². The van der Waals surface area contributed by atoms with Crippen molar-refractivity contribution >= 4 is 11.6 Å². The molecule has 120 valence electrons. The first-order valence-corrected chi connectivity index (χ1v) is 8.16. The van der Waals surface area contributed by atoms with E-state index in [-0.39, 0.29) is 29.1 Å². The Kier molecular flexibility index (Phi) is 3.41. The molecule has 2 aromatic heterocycles. The van der Waals surface area contributed by atoms with Crippen molar-refractivity contribution in [3.05, 3.63) is 46.0 Å². The zero-order valence-corrected chi connectivity index (χ0v) is 13.2. The van der Waals surface area contributed by atoms with Crippen molar-refractivity contribution in [1.82, 2.24) is 19.6 Å². The van der Waals surface area contributed by atoms with Gasteiger partial charge in [0.2, 0.25) is 0 Å². The van der Waals surface area contributed by atoms with Crippen LogP contribution in [0.5, 0.6) is 0 Å². The molecule has 2 aliphatic rings. The molecule has 0 aromatic carbocycles. The van der Waals surface area contributed by atoms with E-state index < -0.39 is 0 Å². The van der Waals surface area contributed by atoms with Gasteiger partial charge in [0.05, 0.1) is 0 Å². The van der Waals surface area contributed by atoms with Crippen molar-refractivity contribution in [2.24, 2.45) is 0 Å². The molecule has 2 fully saturated rings. The van der Waals surface area contributed by atoms with Gasteiger partial charge in [-0.3, -0.25) is 14.0 Å². The molecule has 0 aliphatic carbocycles. The van der Waals surface area contributed by atoms with E-state index in [0.717, 1.165) is 37.9 Å². The largest absolute Gasteiger partial charge is 0.331 e. The maximum atomic E-state index is 13.0. The van der Waals surface area contributed by atoms with Gasteiger partial charge < -0.3 is 10.2 Å². The van der Waals surface area contributed by atoms with Crippen LogP contribution in [0.25, 0.3) is 5.65 Å². The second kappa shape index (κ2) is 5.45. The van der Waals surface area contributed by atoms with Crippen molar-refractivity contribution in [3.63, 3.8) is 0 Å². The number of hydrogen-bond acceptors (Lipinski definition) is 4. The summed E-state index contributed by atoms with van der Waals surface area (Å²) in [6, 6.07) is 4.12. The van der Waals surface area contributed by atoms with Gasteiger partial charge in [-0.2, -0.15) is 0 Å². The fraction of sp³-hybridized carbons (Fsp3) is 0.471. The third-order valence-electron chi connectivity index (χ3n) is 4.98. The lowest BCUT2D eigenvalue weighted by molar-refractivity contribution is 0.0678. The van der Waals surface area contributed by atoms with Gasteiger partial charge in [0, 0.05) is 31.0 Å². The summed E-state index contributed by atoms with van der Waals surface area (Å²) in [7, 11) is 0. The van der Waals surface area contributed by atoms with E-state index in [2.05, 4.69) is 10.3 Å². The predicted octanol–water partition coefficient (Wildman–Crippen LogP) is 0.969. The normalized spacial score (nSPS) is 24.0. The van der Waals surface area contributed by atoms with Gasteiger partial charge in [-0.25, -0.2) is 4.98 Å². The summed E-state index contributed by atoms with van der Waals surface area (Å²) in [5, 5.41) is 3.37. The minimum atomic E-state index is -0.281. The van der Waals surface area contributed by atoms with Crippen LogP contribution in [-0.2, 0) is 0 Å². The van der Waals surface area contributed by atoms with E-state index in [1.54, 1.807) is 6.20 Å². The molecule has 23 heavy (non-hydrogen) atoms. The maximum absolute atomic E-state index is 13.0. The van der Waals surface area contributed by atoms with Crippen LogP contribution >= 0.6 is 0 Å². The van der Waals surface area contributed by atoms with Crippen LogP contribution in [0.4, 0.5) is 0 Å². The van der Waals surface area contributed by atoms with Crippen LogP contribution in [0.1, 0.15) is 35.2 Å². The minimum absolute atomic E-state index is 0.171. The summed E-state index contributed by atoms with van der Waals surface area (Å²) >= 11 is 0. The number of amides is 1. The molecule has 0 saturated carbocycles. The van der Waals surface area contributed by atoms with E-state index in [1.807, 2.05) is 24.0 Å². The monoisotopic (exact) mass is 312 g/mol. The molecule has 2 saturated heterocycles. The Morgan fingerprint density at radius 3 is 3.00 bits per heavy atom. The van der Waals surface area contributed by atoms with Crippen LogP contribution in [0.3, 0.4) is 0 Å². The van der Waals surface area contributed by atoms with Gasteiger partial charge in [0.1, 0.15) is 11.2 Å². The van der Waals surface area contributed by atoms with Gasteiger partial charge in [-0.1, -0.05) is 0 Å². The molecule has 2 atom stereocenters. The number of aromatic nitrogens is 2. The summed E-state index contributed by atoms with van der Waals surface area (Å²) in [6.07, 6.45) is 6.11. The van der Waals surface area contributed by atoms with E-state index in [9.17, 15) is 9.59 Å². The van der Waals surface area contributed by atoms with Gasteiger partial charge in [-0.05, 0) is 50.4 Å². The molecule has 0 spiro atoms. The van der Waals surface area contributed by atoms with Crippen LogP contribution in [-0.4, -0.2) is 45.4 Å². The van der Waals surface area contributed by atoms with E-state index in [0.29, 0.717) is 5.65 Å². The molecule has 1 amide bonds. The lowest BCUT2D eigenvalue weighted by Crippen LogP contribution is -2.44. The second-order valence-corrected chi connectivity index (χ2v) is 6.50. The predicted molar refractivity (Wildman–Crippen MR) is 86.7 cm³/mol. The number of carbonyl (C=O) groups is 1. The van der Waals surface area contributed by atoms with Crippen molar-refractivity contribution in [1.29, 1.82) is 0 Å². The topological polar surface area (TPSA) is 66.7 Å². The highest BCUT2D eigenvalue weighted by Gasteiger charge is 2.39. The highest BCUT2D eigenvalue weighted by Crippen LogP contribution is 2.29. The second-order valence-electron chi connectivity index (χ2n) is 6.50. The standard InChI is InChI=1S/C17H20N4O2/c1-11-5-7-20-15(8-11)19-10-14(16(20)22)17(23)21-12-2-3-13(21)9-18-6-4-12/h5,7-8,10,12-13,18H,2-4,6,9H2,1H3/t12-,13-/m1/s1. The Hall–Kier alpha value is -2.21. The summed E-state index contributed by atoms with van der Waals surface area (Å²) in [6.45, 7) is 3.69. The van der Waals surface area contributed by atoms with Crippen molar-refractivity contribution in [3.8, 4) is 0 Å². The zero-order valence-electron chi connectivity index (χ0n) is 13.2. The number of nitrogens with one attached hydrogen (secondary N) is 1. The molecule has 2 aliphatic heterocycles. The Bertz CT molecular complexity index is 815. The van der Waals surface area contributed by atoms with Crippen molar-refractivity contribution < 1.29 is 4.79 Å². The highest BCUT2D eigenvalue weighted by atomic mass is 16.2. The average molecular weight is 312 g/mol. The summed E-state index contributed by atoms with van der Waals surface area (Å²) in [5.74, 6) is -0.173. The van der Waals surface area contributed by atoms with Crippen molar-refractivity contribution in [2.45, 2.75) is 38.3 Å². The number of hydrogen-bond donors (Lipinski definition) is 1. The van der Waals surface area contributed by atoms with Crippen LogP contribution in [0.15, 0.2) is 29.3 Å². The molecule has 2 bridgehead atoms. The van der Waals surface area contributed by atoms with Crippen LogP contribution in [0.2, 0.25) is 0 Å². The zero-order chi connectivity index (χ0) is 16.0. The van der Waals surface area contributed by atoms with Crippen LogP contribution < -0.4 is 10.9 Å². The lowest BCUT2D eigenvalue weighted by atomic mass is 10.1. The first kappa shape index (κ1) is 14.4. The lowest BCUT2D eigenvalue weighted by Gasteiger charge is -2.27. The molecule has 4 heterocycles. The average Bonchev–Trinajstić information content (AvgIpc) is 2.80. The molecule has 4 rings (SSSR count). The number of fused-ring (bicyclic) bond motifs is 3. The molecule has 0 unspecified atom stereocenters. The molecular formula is C17H20N4O2. The van der Waals surface area contributed by atoms with Gasteiger partial charge in [0.25, 0.3) is 11.5 Å². The van der Waals surface area contributed by atoms with E-state index >= 15 is 0 Å². The first-order valence-electron chi connectivity index (χ1n) is 8.16. The van der Waals surface area contributed by atoms with Gasteiger partial charge in [0.15, 0.2) is 0 Å². The number of nitrogens with zero attached hydrogens (tertiary/aromatic N) is 3. The van der Waals surface area contributed by atoms with Crippen molar-refractivity contribution in [2.75, 3.05) is 13.1 Å². The highest BCUT2D eigenvalue weighted by molar-refractivity contribution is 5.94. The fourth-order valence-electron chi connectivity index (χ4n) is 3.78. The summed E-state index contributed by atoms with van der Waals surface area (Å²) in [4.78, 5) is 31.9. The number of aryl methyl sites for hydroxylation is 1. The molecule has 0 radical (unpaired) electrons. The first-order chi connectivity index (χ1) is 11.1.